The van der Waals surface area contributed by atoms with Gasteiger partial charge in [-0.2, -0.15) is 4.37 Å². The zero-order valence-electron chi connectivity index (χ0n) is 12.7. The van der Waals surface area contributed by atoms with Crippen LogP contribution in [0.1, 0.15) is 32.3 Å². The fraction of sp³-hybridized carbons (Fsp3) is 0.786. The fourth-order valence-corrected chi connectivity index (χ4v) is 3.38. The van der Waals surface area contributed by atoms with Gasteiger partial charge in [0.2, 0.25) is 10.9 Å². The van der Waals surface area contributed by atoms with E-state index in [9.17, 15) is 0 Å². The molecule has 0 saturated carbocycles. The van der Waals surface area contributed by atoms with Crippen LogP contribution in [0.2, 0.25) is 0 Å². The molecule has 1 fully saturated rings. The molecule has 0 bridgehead atoms. The highest BCUT2D eigenvalue weighted by Gasteiger charge is 2.28. The maximum absolute atomic E-state index is 5.74. The van der Waals surface area contributed by atoms with Crippen molar-refractivity contribution < 1.29 is 14.2 Å². The lowest BCUT2D eigenvalue weighted by Gasteiger charge is -2.35. The molecule has 0 amide bonds. The molecule has 114 valence electrons. The van der Waals surface area contributed by atoms with Gasteiger partial charge in [0, 0.05) is 24.7 Å². The van der Waals surface area contributed by atoms with E-state index in [1.54, 1.807) is 14.2 Å². The van der Waals surface area contributed by atoms with Crippen LogP contribution in [-0.2, 0) is 11.3 Å². The summed E-state index contributed by atoms with van der Waals surface area (Å²) in [6.07, 6.45) is 2.21. The summed E-state index contributed by atoms with van der Waals surface area (Å²) in [6, 6.07) is 0. The van der Waals surface area contributed by atoms with E-state index >= 15 is 0 Å². The van der Waals surface area contributed by atoms with E-state index in [2.05, 4.69) is 23.5 Å². The normalized spacial score (nSPS) is 21.7. The van der Waals surface area contributed by atoms with Crippen molar-refractivity contribution in [2.75, 3.05) is 27.4 Å². The Labute approximate surface area is 124 Å². The van der Waals surface area contributed by atoms with Gasteiger partial charge < -0.3 is 19.5 Å². The summed E-state index contributed by atoms with van der Waals surface area (Å²) in [5, 5.41) is 4.32. The van der Waals surface area contributed by atoms with Crippen molar-refractivity contribution in [1.82, 2.24) is 9.69 Å². The smallest absolute Gasteiger partial charge is 0.233 e. The molecule has 1 atom stereocenters. The Morgan fingerprint density at radius 1 is 1.40 bits per heavy atom. The molecule has 5 nitrogen and oxygen atoms in total. The molecule has 1 aromatic heterocycles. The zero-order chi connectivity index (χ0) is 14.6. The summed E-state index contributed by atoms with van der Waals surface area (Å²) >= 11 is 1.33. The minimum absolute atomic E-state index is 0.00388. The zero-order valence-corrected chi connectivity index (χ0v) is 13.5. The summed E-state index contributed by atoms with van der Waals surface area (Å²) in [5.41, 5.74) is 1.01. The second kappa shape index (κ2) is 6.74. The van der Waals surface area contributed by atoms with Crippen molar-refractivity contribution in [2.24, 2.45) is 5.92 Å². The molecule has 2 rings (SSSR count). The lowest BCUT2D eigenvalue weighted by molar-refractivity contribution is -0.0718. The maximum Gasteiger partial charge on any atom is 0.233 e. The van der Waals surface area contributed by atoms with Gasteiger partial charge in [-0.05, 0) is 39.2 Å². The van der Waals surface area contributed by atoms with Crippen LogP contribution in [0, 0.1) is 5.92 Å². The Morgan fingerprint density at radius 3 is 2.85 bits per heavy atom. The van der Waals surface area contributed by atoms with Crippen molar-refractivity contribution in [2.45, 2.75) is 38.8 Å². The molecular weight excluding hydrogens is 276 g/mol. The number of hydrogen-bond donors (Lipinski definition) is 1. The van der Waals surface area contributed by atoms with E-state index < -0.39 is 0 Å². The highest BCUT2D eigenvalue weighted by atomic mass is 32.1. The predicted molar refractivity (Wildman–Crippen MR) is 79.7 cm³/mol. The molecule has 0 spiro atoms. The average molecular weight is 300 g/mol. The lowest BCUT2D eigenvalue weighted by Crippen LogP contribution is -2.37. The first-order chi connectivity index (χ1) is 9.55. The number of rotatable bonds is 6. The Bertz CT molecular complexity index is 413. The average Bonchev–Trinajstić information content (AvgIpc) is 2.80. The van der Waals surface area contributed by atoms with Gasteiger partial charge in [0.15, 0.2) is 0 Å². The van der Waals surface area contributed by atoms with Gasteiger partial charge in [-0.3, -0.25) is 0 Å². The molecular formula is C14H24N2O3S. The van der Waals surface area contributed by atoms with Crippen molar-refractivity contribution in [3.8, 4) is 10.9 Å². The molecule has 1 saturated heterocycles. The van der Waals surface area contributed by atoms with Crippen LogP contribution in [-0.4, -0.2) is 37.3 Å². The minimum Gasteiger partial charge on any atom is -0.486 e. The molecule has 0 aromatic carbocycles. The monoisotopic (exact) mass is 300 g/mol. The molecule has 0 aliphatic carbocycles. The minimum atomic E-state index is 0.00388. The molecule has 1 N–H and O–H groups in total. The highest BCUT2D eigenvalue weighted by molar-refractivity contribution is 7.08. The van der Waals surface area contributed by atoms with E-state index in [0.717, 1.165) is 43.2 Å². The lowest BCUT2D eigenvalue weighted by atomic mass is 9.88. The third-order valence-corrected chi connectivity index (χ3v) is 4.46. The van der Waals surface area contributed by atoms with Crippen molar-refractivity contribution in [3.05, 3.63) is 5.56 Å². The number of hydrogen-bond acceptors (Lipinski definition) is 6. The van der Waals surface area contributed by atoms with Crippen LogP contribution >= 0.6 is 11.5 Å². The molecule has 0 radical (unpaired) electrons. The van der Waals surface area contributed by atoms with Gasteiger partial charge in [0.25, 0.3) is 0 Å². The quantitative estimate of drug-likeness (QED) is 0.874. The summed E-state index contributed by atoms with van der Waals surface area (Å²) in [5.74, 6) is 1.31. The summed E-state index contributed by atoms with van der Waals surface area (Å²) < 4.78 is 20.6. The Kier molecular flexibility index (Phi) is 5.23. The summed E-state index contributed by atoms with van der Waals surface area (Å²) in [7, 11) is 3.30. The number of nitrogens with one attached hydrogen (secondary N) is 1. The predicted octanol–water partition coefficient (Wildman–Crippen LogP) is 2.46. The third-order valence-electron chi connectivity index (χ3n) is 3.63. The third kappa shape index (κ3) is 3.84. The van der Waals surface area contributed by atoms with Gasteiger partial charge in [-0.15, -0.1) is 0 Å². The first kappa shape index (κ1) is 15.5. The number of ether oxygens (including phenoxy) is 3. The van der Waals surface area contributed by atoms with Crippen LogP contribution in [0.5, 0.6) is 10.9 Å². The van der Waals surface area contributed by atoms with Gasteiger partial charge in [-0.25, -0.2) is 0 Å². The fourth-order valence-electron chi connectivity index (χ4n) is 2.68. The van der Waals surface area contributed by atoms with Crippen molar-refractivity contribution in [3.63, 3.8) is 0 Å². The van der Waals surface area contributed by atoms with Crippen molar-refractivity contribution >= 4 is 11.5 Å². The second-order valence-electron chi connectivity index (χ2n) is 5.76. The van der Waals surface area contributed by atoms with Crippen LogP contribution in [0.25, 0.3) is 0 Å². The number of nitrogens with zero attached hydrogens (tertiary/aromatic N) is 1. The van der Waals surface area contributed by atoms with E-state index in [4.69, 9.17) is 14.2 Å². The standard InChI is InChI=1S/C14H24N2O3S/c1-14(2)7-10(5-6-19-14)8-15-9-11-12(17-3)16-20-13(11)18-4/h10,15H,5-9H2,1-4H3. The molecule has 2 heterocycles. The van der Waals surface area contributed by atoms with Crippen LogP contribution in [0.15, 0.2) is 0 Å². The molecule has 20 heavy (non-hydrogen) atoms. The van der Waals surface area contributed by atoms with Crippen LogP contribution < -0.4 is 14.8 Å². The van der Waals surface area contributed by atoms with Gasteiger partial charge in [-0.1, -0.05) is 0 Å². The maximum atomic E-state index is 5.74. The largest absolute Gasteiger partial charge is 0.486 e. The van der Waals surface area contributed by atoms with Gasteiger partial charge >= 0.3 is 0 Å². The van der Waals surface area contributed by atoms with Crippen molar-refractivity contribution in [1.29, 1.82) is 0 Å². The van der Waals surface area contributed by atoms with E-state index in [1.807, 2.05) is 0 Å². The summed E-state index contributed by atoms with van der Waals surface area (Å²) in [4.78, 5) is 0. The van der Waals surface area contributed by atoms with E-state index in [1.165, 1.54) is 11.5 Å². The SMILES string of the molecule is COc1nsc(OC)c1CNCC1CCOC(C)(C)C1. The molecule has 1 aromatic rings. The van der Waals surface area contributed by atoms with Crippen LogP contribution in [0.3, 0.4) is 0 Å². The molecule has 1 unspecified atom stereocenters. The molecule has 6 heteroatoms. The first-order valence-corrected chi connectivity index (χ1v) is 7.74. The Balaban J connectivity index is 1.85. The topological polar surface area (TPSA) is 52.6 Å². The Hall–Kier alpha value is -0.850. The van der Waals surface area contributed by atoms with Gasteiger partial charge in [0.1, 0.15) is 0 Å². The molecule has 1 aliphatic heterocycles. The van der Waals surface area contributed by atoms with Gasteiger partial charge in [0.05, 0.1) is 25.4 Å². The second-order valence-corrected chi connectivity index (χ2v) is 6.50. The summed E-state index contributed by atoms with van der Waals surface area (Å²) in [6.45, 7) is 6.88. The molecule has 1 aliphatic rings. The number of methoxy groups -OCH3 is 2. The Morgan fingerprint density at radius 2 is 2.20 bits per heavy atom. The number of aromatic nitrogens is 1. The van der Waals surface area contributed by atoms with E-state index in [-0.39, 0.29) is 5.60 Å². The van der Waals surface area contributed by atoms with E-state index in [0.29, 0.717) is 11.8 Å². The van der Waals surface area contributed by atoms with Crippen LogP contribution in [0.4, 0.5) is 0 Å². The highest BCUT2D eigenvalue weighted by Crippen LogP contribution is 2.32. The first-order valence-electron chi connectivity index (χ1n) is 6.97.